The van der Waals surface area contributed by atoms with Crippen LogP contribution in [0.1, 0.15) is 54.2 Å². The van der Waals surface area contributed by atoms with Crippen molar-refractivity contribution in [3.05, 3.63) is 63.7 Å². The Morgan fingerprint density at radius 2 is 1.82 bits per heavy atom. The van der Waals surface area contributed by atoms with Gasteiger partial charge in [0.15, 0.2) is 0 Å². The number of benzene rings is 2. The van der Waals surface area contributed by atoms with Gasteiger partial charge in [-0.3, -0.25) is 9.59 Å². The third kappa shape index (κ3) is 5.33. The summed E-state index contributed by atoms with van der Waals surface area (Å²) in [5.41, 5.74) is 4.42. The molecule has 2 amide bonds. The van der Waals surface area contributed by atoms with E-state index in [0.29, 0.717) is 29.2 Å². The number of hydrogen-bond donors (Lipinski definition) is 3. The van der Waals surface area contributed by atoms with Gasteiger partial charge < -0.3 is 16.0 Å². The average molecular weight is 400 g/mol. The van der Waals surface area contributed by atoms with Gasteiger partial charge in [0.1, 0.15) is 0 Å². The van der Waals surface area contributed by atoms with E-state index in [0.717, 1.165) is 18.7 Å². The first-order valence-electron chi connectivity index (χ1n) is 9.40. The van der Waals surface area contributed by atoms with Crippen LogP contribution >= 0.6 is 11.6 Å². The fourth-order valence-corrected chi connectivity index (χ4v) is 3.40. The predicted molar refractivity (Wildman–Crippen MR) is 112 cm³/mol. The SMILES string of the molecule is CC(C)(C)CC(=O)Nc1ccc(Cl)c(C(=O)NCc2ccc3c(c2)CNC3)c1. The topological polar surface area (TPSA) is 70.2 Å². The van der Waals surface area contributed by atoms with Crippen molar-refractivity contribution in [2.75, 3.05) is 5.32 Å². The molecule has 2 aromatic rings. The number of nitrogens with one attached hydrogen (secondary N) is 3. The van der Waals surface area contributed by atoms with E-state index in [2.05, 4.69) is 28.1 Å². The van der Waals surface area contributed by atoms with Crippen molar-refractivity contribution in [3.8, 4) is 0 Å². The number of carbonyl (C=O) groups is 2. The van der Waals surface area contributed by atoms with Crippen molar-refractivity contribution in [1.29, 1.82) is 0 Å². The molecule has 0 saturated carbocycles. The minimum absolute atomic E-state index is 0.0899. The molecule has 3 rings (SSSR count). The lowest BCUT2D eigenvalue weighted by atomic mass is 9.92. The molecule has 1 aliphatic heterocycles. The third-order valence-corrected chi connectivity index (χ3v) is 4.87. The second-order valence-electron chi connectivity index (χ2n) is 8.37. The van der Waals surface area contributed by atoms with E-state index < -0.39 is 0 Å². The predicted octanol–water partition coefficient (Wildman–Crippen LogP) is 4.25. The van der Waals surface area contributed by atoms with Crippen LogP contribution in [0.4, 0.5) is 5.69 Å². The molecule has 5 nitrogen and oxygen atoms in total. The number of halogens is 1. The van der Waals surface area contributed by atoms with Crippen molar-refractivity contribution < 1.29 is 9.59 Å². The van der Waals surface area contributed by atoms with E-state index in [9.17, 15) is 9.59 Å². The third-order valence-electron chi connectivity index (χ3n) is 4.54. The summed E-state index contributed by atoms with van der Waals surface area (Å²) in [5.74, 6) is -0.358. The zero-order valence-electron chi connectivity index (χ0n) is 16.5. The maximum Gasteiger partial charge on any atom is 0.253 e. The molecule has 0 saturated heterocycles. The second-order valence-corrected chi connectivity index (χ2v) is 8.78. The first-order valence-corrected chi connectivity index (χ1v) is 9.78. The van der Waals surface area contributed by atoms with E-state index in [1.807, 2.05) is 26.8 Å². The summed E-state index contributed by atoms with van der Waals surface area (Å²) in [5, 5.41) is 9.41. The molecule has 0 bridgehead atoms. The Balaban J connectivity index is 1.65. The van der Waals surface area contributed by atoms with Crippen LogP contribution in [-0.4, -0.2) is 11.8 Å². The van der Waals surface area contributed by atoms with Crippen LogP contribution in [0, 0.1) is 5.41 Å². The summed E-state index contributed by atoms with van der Waals surface area (Å²) in [4.78, 5) is 24.8. The standard InChI is InChI=1S/C22H26ClN3O2/c1-22(2,3)10-20(27)26-17-6-7-19(23)18(9-17)21(28)25-11-14-4-5-15-12-24-13-16(15)8-14/h4-9,24H,10-13H2,1-3H3,(H,25,28)(H,26,27). The van der Waals surface area contributed by atoms with Crippen LogP contribution in [0.3, 0.4) is 0 Å². The summed E-state index contributed by atoms with van der Waals surface area (Å²) >= 11 is 6.21. The Kier molecular flexibility index (Phi) is 6.06. The van der Waals surface area contributed by atoms with Gasteiger partial charge in [0, 0.05) is 31.7 Å². The second kappa shape index (κ2) is 8.33. The number of fused-ring (bicyclic) bond motifs is 1. The Morgan fingerprint density at radius 1 is 1.07 bits per heavy atom. The molecule has 0 fully saturated rings. The van der Waals surface area contributed by atoms with Crippen LogP contribution in [0.5, 0.6) is 0 Å². The maximum atomic E-state index is 12.6. The fourth-order valence-electron chi connectivity index (χ4n) is 3.20. The fraction of sp³-hybridized carbons (Fsp3) is 0.364. The van der Waals surface area contributed by atoms with E-state index >= 15 is 0 Å². The summed E-state index contributed by atoms with van der Waals surface area (Å²) in [7, 11) is 0. The van der Waals surface area contributed by atoms with Crippen LogP contribution in [-0.2, 0) is 24.4 Å². The lowest BCUT2D eigenvalue weighted by molar-refractivity contribution is -0.117. The maximum absolute atomic E-state index is 12.6. The van der Waals surface area contributed by atoms with Crippen LogP contribution in [0.15, 0.2) is 36.4 Å². The van der Waals surface area contributed by atoms with Gasteiger partial charge in [-0.15, -0.1) is 0 Å². The van der Waals surface area contributed by atoms with Gasteiger partial charge >= 0.3 is 0 Å². The highest BCUT2D eigenvalue weighted by Crippen LogP contribution is 2.23. The highest BCUT2D eigenvalue weighted by molar-refractivity contribution is 6.34. The Morgan fingerprint density at radius 3 is 2.57 bits per heavy atom. The zero-order chi connectivity index (χ0) is 20.3. The molecule has 148 valence electrons. The Hall–Kier alpha value is -2.37. The summed E-state index contributed by atoms with van der Waals surface area (Å²) in [6, 6.07) is 11.2. The molecule has 1 heterocycles. The van der Waals surface area contributed by atoms with Gasteiger partial charge in [-0.25, -0.2) is 0 Å². The highest BCUT2D eigenvalue weighted by Gasteiger charge is 2.17. The van der Waals surface area contributed by atoms with Gasteiger partial charge in [-0.2, -0.15) is 0 Å². The van der Waals surface area contributed by atoms with Crippen molar-refractivity contribution in [2.24, 2.45) is 5.41 Å². The van der Waals surface area contributed by atoms with Crippen molar-refractivity contribution in [2.45, 2.75) is 46.8 Å². The smallest absolute Gasteiger partial charge is 0.253 e. The lowest BCUT2D eigenvalue weighted by Crippen LogP contribution is -2.24. The molecule has 0 unspecified atom stereocenters. The van der Waals surface area contributed by atoms with E-state index in [1.165, 1.54) is 11.1 Å². The molecule has 0 aromatic heterocycles. The minimum Gasteiger partial charge on any atom is -0.348 e. The molecule has 1 aliphatic rings. The van der Waals surface area contributed by atoms with Gasteiger partial charge in [0.2, 0.25) is 5.91 Å². The molecule has 0 radical (unpaired) electrons. The van der Waals surface area contributed by atoms with Gasteiger partial charge in [0.05, 0.1) is 10.6 Å². The largest absolute Gasteiger partial charge is 0.348 e. The molecule has 3 N–H and O–H groups in total. The number of carbonyl (C=O) groups excluding carboxylic acids is 2. The summed E-state index contributed by atoms with van der Waals surface area (Å²) in [6.07, 6.45) is 0.393. The van der Waals surface area contributed by atoms with Crippen LogP contribution < -0.4 is 16.0 Å². The van der Waals surface area contributed by atoms with Crippen LogP contribution in [0.25, 0.3) is 0 Å². The number of hydrogen-bond acceptors (Lipinski definition) is 3. The monoisotopic (exact) mass is 399 g/mol. The molecule has 0 aliphatic carbocycles. The van der Waals surface area contributed by atoms with Crippen molar-refractivity contribution >= 4 is 29.1 Å². The Bertz CT molecular complexity index is 903. The molecule has 28 heavy (non-hydrogen) atoms. The molecule has 6 heteroatoms. The normalized spacial score (nSPS) is 13.1. The van der Waals surface area contributed by atoms with Gasteiger partial charge in [-0.1, -0.05) is 50.6 Å². The number of amides is 2. The lowest BCUT2D eigenvalue weighted by Gasteiger charge is -2.17. The summed E-state index contributed by atoms with van der Waals surface area (Å²) < 4.78 is 0. The molecule has 2 aromatic carbocycles. The molecule has 0 atom stereocenters. The van der Waals surface area contributed by atoms with E-state index in [4.69, 9.17) is 11.6 Å². The Labute approximate surface area is 170 Å². The average Bonchev–Trinajstić information content (AvgIpc) is 3.07. The van der Waals surface area contributed by atoms with Gasteiger partial charge in [0.25, 0.3) is 5.91 Å². The molecular weight excluding hydrogens is 374 g/mol. The minimum atomic E-state index is -0.268. The molecule has 0 spiro atoms. The summed E-state index contributed by atoms with van der Waals surface area (Å²) in [6.45, 7) is 8.18. The van der Waals surface area contributed by atoms with Gasteiger partial charge in [-0.05, 0) is 40.3 Å². The van der Waals surface area contributed by atoms with E-state index in [1.54, 1.807) is 18.2 Å². The van der Waals surface area contributed by atoms with E-state index in [-0.39, 0.29) is 17.2 Å². The number of anilines is 1. The van der Waals surface area contributed by atoms with Crippen LogP contribution in [0.2, 0.25) is 5.02 Å². The number of rotatable bonds is 5. The first kappa shape index (κ1) is 20.4. The highest BCUT2D eigenvalue weighted by atomic mass is 35.5. The first-order chi connectivity index (χ1) is 13.2. The quantitative estimate of drug-likeness (QED) is 0.704. The van der Waals surface area contributed by atoms with Crippen molar-refractivity contribution in [1.82, 2.24) is 10.6 Å². The molecular formula is C22H26ClN3O2. The zero-order valence-corrected chi connectivity index (χ0v) is 17.2. The van der Waals surface area contributed by atoms with Crippen molar-refractivity contribution in [3.63, 3.8) is 0 Å².